The molecule has 6 heteroatoms. The zero-order chi connectivity index (χ0) is 17.9. The van der Waals surface area contributed by atoms with Crippen LogP contribution in [0.4, 0.5) is 0 Å². The van der Waals surface area contributed by atoms with Crippen LogP contribution in [0, 0.1) is 0 Å². The average molecular weight is 364 g/mol. The Hall–Kier alpha value is -3.12. The van der Waals surface area contributed by atoms with Crippen molar-refractivity contribution in [1.82, 2.24) is 9.38 Å². The van der Waals surface area contributed by atoms with Crippen molar-refractivity contribution in [3.8, 4) is 17.0 Å². The summed E-state index contributed by atoms with van der Waals surface area (Å²) in [5, 5.41) is 8.87. The summed E-state index contributed by atoms with van der Waals surface area (Å²) in [6.07, 6.45) is 3.76. The van der Waals surface area contributed by atoms with Crippen LogP contribution in [-0.4, -0.2) is 20.5 Å². The van der Waals surface area contributed by atoms with Crippen LogP contribution in [0.1, 0.15) is 10.4 Å². The van der Waals surface area contributed by atoms with Gasteiger partial charge in [-0.25, -0.2) is 4.98 Å². The molecule has 0 saturated heterocycles. The molecular formula is C20H16N2O3S. The van der Waals surface area contributed by atoms with E-state index in [1.54, 1.807) is 0 Å². The Bertz CT molecular complexity index is 1000. The van der Waals surface area contributed by atoms with E-state index >= 15 is 0 Å². The first kappa shape index (κ1) is 16.4. The number of aliphatic carboxylic acids is 1. The van der Waals surface area contributed by atoms with Gasteiger partial charge in [0.2, 0.25) is 0 Å². The van der Waals surface area contributed by atoms with Crippen molar-refractivity contribution in [2.24, 2.45) is 0 Å². The van der Waals surface area contributed by atoms with Gasteiger partial charge in [-0.1, -0.05) is 30.3 Å². The Morgan fingerprint density at radius 3 is 2.54 bits per heavy atom. The normalized spacial score (nSPS) is 10.9. The molecule has 0 atom stereocenters. The van der Waals surface area contributed by atoms with E-state index < -0.39 is 5.97 Å². The topological polar surface area (TPSA) is 63.8 Å². The molecule has 0 aliphatic heterocycles. The van der Waals surface area contributed by atoms with Crippen LogP contribution in [0.25, 0.3) is 16.2 Å². The second-order valence-electron chi connectivity index (χ2n) is 5.88. The van der Waals surface area contributed by atoms with Gasteiger partial charge in [0.15, 0.2) is 4.96 Å². The predicted molar refractivity (Wildman–Crippen MR) is 101 cm³/mol. The summed E-state index contributed by atoms with van der Waals surface area (Å²) in [5.41, 5.74) is 2.98. The fourth-order valence-electron chi connectivity index (χ4n) is 2.68. The lowest BCUT2D eigenvalue weighted by Crippen LogP contribution is -1.97. The fraction of sp³-hybridized carbons (Fsp3) is 0.100. The summed E-state index contributed by atoms with van der Waals surface area (Å²) >= 11 is 1.40. The van der Waals surface area contributed by atoms with E-state index in [1.165, 1.54) is 11.3 Å². The first-order chi connectivity index (χ1) is 12.7. The molecule has 4 rings (SSSR count). The maximum atomic E-state index is 10.8. The number of aromatic nitrogens is 2. The van der Waals surface area contributed by atoms with Gasteiger partial charge < -0.3 is 9.84 Å². The van der Waals surface area contributed by atoms with Crippen LogP contribution in [0.5, 0.6) is 5.75 Å². The number of imidazole rings is 1. The molecule has 5 nitrogen and oxygen atoms in total. The Labute approximate surface area is 154 Å². The molecule has 2 aromatic heterocycles. The van der Waals surface area contributed by atoms with Crippen molar-refractivity contribution in [2.45, 2.75) is 13.0 Å². The third-order valence-electron chi connectivity index (χ3n) is 3.93. The lowest BCUT2D eigenvalue weighted by atomic mass is 10.1. The molecule has 0 fully saturated rings. The summed E-state index contributed by atoms with van der Waals surface area (Å²) in [6, 6.07) is 17.9. The van der Waals surface area contributed by atoms with E-state index in [0.717, 1.165) is 32.4 Å². The second kappa shape index (κ2) is 7.01. The molecule has 2 aromatic carbocycles. The van der Waals surface area contributed by atoms with E-state index in [2.05, 4.69) is 4.98 Å². The maximum Gasteiger partial charge on any atom is 0.308 e. The molecule has 0 aliphatic carbocycles. The molecule has 0 unspecified atom stereocenters. The number of nitrogens with zero attached hydrogens (tertiary/aromatic N) is 2. The van der Waals surface area contributed by atoms with Gasteiger partial charge in [0.25, 0.3) is 0 Å². The summed E-state index contributed by atoms with van der Waals surface area (Å²) in [7, 11) is 0. The number of carboxylic acids is 1. The lowest BCUT2D eigenvalue weighted by molar-refractivity contribution is -0.136. The first-order valence-corrected chi connectivity index (χ1v) is 8.95. The maximum absolute atomic E-state index is 10.8. The van der Waals surface area contributed by atoms with Crippen LogP contribution in [-0.2, 0) is 17.8 Å². The van der Waals surface area contributed by atoms with E-state index in [0.29, 0.717) is 6.61 Å². The number of carbonyl (C=O) groups is 1. The highest BCUT2D eigenvalue weighted by Gasteiger charge is 2.10. The number of hydrogen-bond acceptors (Lipinski definition) is 4. The summed E-state index contributed by atoms with van der Waals surface area (Å²) in [6.45, 7) is 0.534. The standard InChI is InChI=1S/C20H16N2O3S/c23-19(24)10-17-11-22-12-18(21-20(22)26-17)15-6-8-16(9-7-15)25-13-14-4-2-1-3-5-14/h1-9,11-12H,10,13H2,(H,23,24). The highest BCUT2D eigenvalue weighted by molar-refractivity contribution is 7.17. The van der Waals surface area contributed by atoms with Gasteiger partial charge in [-0.3, -0.25) is 9.20 Å². The van der Waals surface area contributed by atoms with E-state index in [9.17, 15) is 4.79 Å². The largest absolute Gasteiger partial charge is 0.489 e. The number of thiazole rings is 1. The Morgan fingerprint density at radius 1 is 1.08 bits per heavy atom. The van der Waals surface area contributed by atoms with Gasteiger partial charge in [0.05, 0.1) is 12.1 Å². The summed E-state index contributed by atoms with van der Waals surface area (Å²) in [5.74, 6) is -0.0248. The van der Waals surface area contributed by atoms with Crippen molar-refractivity contribution in [1.29, 1.82) is 0 Å². The van der Waals surface area contributed by atoms with Gasteiger partial charge in [-0.15, -0.1) is 11.3 Å². The Balaban J connectivity index is 1.47. The smallest absolute Gasteiger partial charge is 0.308 e. The average Bonchev–Trinajstić information content (AvgIpc) is 3.19. The monoisotopic (exact) mass is 364 g/mol. The quantitative estimate of drug-likeness (QED) is 0.555. The second-order valence-corrected chi connectivity index (χ2v) is 6.98. The Morgan fingerprint density at radius 2 is 1.85 bits per heavy atom. The third kappa shape index (κ3) is 3.60. The van der Waals surface area contributed by atoms with Crippen LogP contribution < -0.4 is 4.74 Å². The number of rotatable bonds is 6. The lowest BCUT2D eigenvalue weighted by Gasteiger charge is -2.06. The molecule has 4 aromatic rings. The molecule has 0 amide bonds. The minimum absolute atomic E-state index is 0.0246. The summed E-state index contributed by atoms with van der Waals surface area (Å²) < 4.78 is 7.67. The number of ether oxygens (including phenoxy) is 1. The molecule has 130 valence electrons. The molecule has 0 aliphatic rings. The zero-order valence-corrected chi connectivity index (χ0v) is 14.6. The first-order valence-electron chi connectivity index (χ1n) is 8.14. The van der Waals surface area contributed by atoms with Gasteiger partial charge in [0, 0.05) is 22.8 Å². The van der Waals surface area contributed by atoms with Gasteiger partial charge in [-0.05, 0) is 29.8 Å². The number of fused-ring (bicyclic) bond motifs is 1. The molecule has 1 N–H and O–H groups in total. The van der Waals surface area contributed by atoms with Crippen molar-refractivity contribution < 1.29 is 14.6 Å². The zero-order valence-electron chi connectivity index (χ0n) is 13.8. The predicted octanol–water partition coefficient (Wildman–Crippen LogP) is 4.27. The minimum atomic E-state index is -0.833. The SMILES string of the molecule is O=C(O)Cc1cn2cc(-c3ccc(OCc4ccccc4)cc3)nc2s1. The molecule has 0 saturated carbocycles. The number of benzene rings is 2. The number of hydrogen-bond donors (Lipinski definition) is 1. The van der Waals surface area contributed by atoms with Gasteiger partial charge in [0.1, 0.15) is 12.4 Å². The highest BCUT2D eigenvalue weighted by Crippen LogP contribution is 2.26. The van der Waals surface area contributed by atoms with Crippen molar-refractivity contribution in [3.63, 3.8) is 0 Å². The number of carboxylic acid groups (broad SMARTS) is 1. The molecule has 0 bridgehead atoms. The Kier molecular flexibility index (Phi) is 4.41. The molecule has 26 heavy (non-hydrogen) atoms. The van der Waals surface area contributed by atoms with Crippen LogP contribution in [0.3, 0.4) is 0 Å². The summed E-state index contributed by atoms with van der Waals surface area (Å²) in [4.78, 5) is 17.0. The fourth-order valence-corrected chi connectivity index (χ4v) is 3.63. The van der Waals surface area contributed by atoms with Crippen molar-refractivity contribution in [2.75, 3.05) is 0 Å². The van der Waals surface area contributed by atoms with Gasteiger partial charge >= 0.3 is 5.97 Å². The van der Waals surface area contributed by atoms with E-state index in [4.69, 9.17) is 9.84 Å². The van der Waals surface area contributed by atoms with Crippen molar-refractivity contribution >= 4 is 22.3 Å². The molecular weight excluding hydrogens is 348 g/mol. The van der Waals surface area contributed by atoms with Gasteiger partial charge in [-0.2, -0.15) is 0 Å². The van der Waals surface area contributed by atoms with Crippen molar-refractivity contribution in [3.05, 3.63) is 77.4 Å². The van der Waals surface area contributed by atoms with Crippen LogP contribution >= 0.6 is 11.3 Å². The molecule has 0 radical (unpaired) electrons. The highest BCUT2D eigenvalue weighted by atomic mass is 32.1. The van der Waals surface area contributed by atoms with E-state index in [1.807, 2.05) is 71.4 Å². The minimum Gasteiger partial charge on any atom is -0.489 e. The van der Waals surface area contributed by atoms with E-state index in [-0.39, 0.29) is 6.42 Å². The third-order valence-corrected chi connectivity index (χ3v) is 4.92. The van der Waals surface area contributed by atoms with Crippen LogP contribution in [0.15, 0.2) is 67.0 Å². The molecule has 0 spiro atoms. The van der Waals surface area contributed by atoms with Crippen LogP contribution in [0.2, 0.25) is 0 Å². The molecule has 2 heterocycles.